The zero-order valence-corrected chi connectivity index (χ0v) is 46.8. The highest BCUT2D eigenvalue weighted by molar-refractivity contribution is 6.07. The Hall–Kier alpha value is -3.91. The van der Waals surface area contributed by atoms with Crippen molar-refractivity contribution in [1.82, 2.24) is 0 Å². The molecule has 0 radical (unpaired) electrons. The molecule has 6 rings (SSSR count). The van der Waals surface area contributed by atoms with Crippen molar-refractivity contribution in [3.8, 4) is 0 Å². The second kappa shape index (κ2) is 31.0. The van der Waals surface area contributed by atoms with E-state index in [2.05, 4.69) is 154 Å². The minimum atomic E-state index is -0.0895. The summed E-state index contributed by atoms with van der Waals surface area (Å²) >= 11 is 0. The molecule has 0 saturated carbocycles. The molecule has 2 aliphatic rings. The van der Waals surface area contributed by atoms with Crippen molar-refractivity contribution in [2.45, 2.75) is 258 Å². The van der Waals surface area contributed by atoms with E-state index in [0.717, 1.165) is 13.1 Å². The molecule has 0 aliphatic carbocycles. The van der Waals surface area contributed by atoms with Gasteiger partial charge in [0.25, 0.3) is 0 Å². The Labute approximate surface area is 437 Å². The lowest BCUT2D eigenvalue weighted by Crippen LogP contribution is -2.28. The third kappa shape index (κ3) is 16.5. The van der Waals surface area contributed by atoms with E-state index < -0.39 is 0 Å². The van der Waals surface area contributed by atoms with Gasteiger partial charge in [0, 0.05) is 47.5 Å². The first-order chi connectivity index (χ1) is 34.8. The van der Waals surface area contributed by atoms with E-state index in [-0.39, 0.29) is 10.8 Å². The van der Waals surface area contributed by atoms with Crippen LogP contribution < -0.4 is 4.90 Å². The molecule has 4 aromatic rings. The topological polar surface area (TPSA) is 6.25 Å². The molecule has 2 heteroatoms. The van der Waals surface area contributed by atoms with Crippen LogP contribution in [0.2, 0.25) is 0 Å². The molecule has 2 heterocycles. The molecule has 0 unspecified atom stereocenters. The third-order valence-electron chi connectivity index (χ3n) is 16.7. The van der Waals surface area contributed by atoms with Gasteiger partial charge in [0.1, 0.15) is 6.54 Å². The molecule has 0 bridgehead atoms. The molecular formula is C69H103N2+. The highest BCUT2D eigenvalue weighted by Crippen LogP contribution is 2.51. The SMILES string of the molecule is CCCCCCCCCCCCCCCCCCCCCC[N+]1=C(/C=C/C=C/C=C2\N(CCCCCCCCCCCCCC)c3ccc4ccccc4c3C2(C)C)C(C)(C)c2c1ccc1ccccc21. The quantitative estimate of drug-likeness (QED) is 0.0248. The minimum Gasteiger partial charge on any atom is -0.344 e. The van der Waals surface area contributed by atoms with Gasteiger partial charge in [0.05, 0.1) is 5.41 Å². The molecule has 388 valence electrons. The predicted molar refractivity (Wildman–Crippen MR) is 317 cm³/mol. The fraction of sp³-hybridized carbons (Fsp3) is 0.609. The number of hydrogen-bond acceptors (Lipinski definition) is 1. The molecule has 71 heavy (non-hydrogen) atoms. The highest BCUT2D eigenvalue weighted by atomic mass is 15.2. The number of anilines is 1. The Morgan fingerprint density at radius 2 is 0.831 bits per heavy atom. The zero-order chi connectivity index (χ0) is 50.0. The summed E-state index contributed by atoms with van der Waals surface area (Å²) in [6.45, 7) is 16.6. The van der Waals surface area contributed by atoms with Gasteiger partial charge in [0.15, 0.2) is 5.71 Å². The first kappa shape index (κ1) is 56.4. The van der Waals surface area contributed by atoms with Crippen molar-refractivity contribution in [2.75, 3.05) is 18.0 Å². The standard InChI is InChI=1S/C69H103N2/c1-7-9-11-13-15-17-19-21-22-23-24-25-26-27-28-30-32-34-36-45-57-71-63-55-53-59-47-41-43-49-61(59)67(63)69(5,6)65(71)51-39-37-38-50-64-68(3,4)66-60-48-42-40-46-58(60)52-54-62(66)70(64)56-44-35-33-31-29-20-18-16-14-12-10-8-2/h37-43,46-55H,7-36,44-45,56-57H2,1-6H3/q+1. The maximum Gasteiger partial charge on any atom is 0.210 e. The molecule has 0 atom stereocenters. The monoisotopic (exact) mass is 960 g/mol. The Morgan fingerprint density at radius 1 is 0.408 bits per heavy atom. The van der Waals surface area contributed by atoms with Crippen LogP contribution in [0.5, 0.6) is 0 Å². The third-order valence-corrected chi connectivity index (χ3v) is 16.7. The number of fused-ring (bicyclic) bond motifs is 6. The molecule has 2 nitrogen and oxygen atoms in total. The number of unbranched alkanes of at least 4 members (excludes halogenated alkanes) is 30. The van der Waals surface area contributed by atoms with Crippen molar-refractivity contribution in [3.05, 3.63) is 120 Å². The van der Waals surface area contributed by atoms with E-state index in [1.807, 2.05) is 0 Å². The summed E-state index contributed by atoms with van der Waals surface area (Å²) in [4.78, 5) is 2.67. The maximum absolute atomic E-state index is 2.68. The van der Waals surface area contributed by atoms with Crippen LogP contribution in [-0.2, 0) is 10.8 Å². The summed E-state index contributed by atoms with van der Waals surface area (Å²) in [6, 6.07) is 27.6. The smallest absolute Gasteiger partial charge is 0.210 e. The Morgan fingerprint density at radius 3 is 1.32 bits per heavy atom. The summed E-state index contributed by atoms with van der Waals surface area (Å²) < 4.78 is 2.68. The number of rotatable bonds is 37. The van der Waals surface area contributed by atoms with E-state index in [4.69, 9.17) is 0 Å². The maximum atomic E-state index is 2.68. The van der Waals surface area contributed by atoms with Crippen LogP contribution in [0.25, 0.3) is 21.5 Å². The molecule has 2 aliphatic heterocycles. The van der Waals surface area contributed by atoms with Gasteiger partial charge >= 0.3 is 0 Å². The van der Waals surface area contributed by atoms with Gasteiger partial charge in [-0.25, -0.2) is 0 Å². The van der Waals surface area contributed by atoms with E-state index in [9.17, 15) is 0 Å². The van der Waals surface area contributed by atoms with Gasteiger partial charge in [-0.05, 0) is 72.0 Å². The van der Waals surface area contributed by atoms with E-state index in [0.29, 0.717) is 0 Å². The predicted octanol–water partition coefficient (Wildman–Crippen LogP) is 21.7. The number of hydrogen-bond donors (Lipinski definition) is 0. The molecular weight excluding hydrogens is 857 g/mol. The molecule has 4 aromatic carbocycles. The molecule has 0 N–H and O–H groups in total. The van der Waals surface area contributed by atoms with Crippen LogP contribution in [0.3, 0.4) is 0 Å². The summed E-state index contributed by atoms with van der Waals surface area (Å²) in [6.07, 6.45) is 56.7. The molecule has 0 amide bonds. The average Bonchev–Trinajstić information content (AvgIpc) is 3.73. The average molecular weight is 961 g/mol. The van der Waals surface area contributed by atoms with Crippen molar-refractivity contribution in [1.29, 1.82) is 0 Å². The number of nitrogens with zero attached hydrogens (tertiary/aromatic N) is 2. The van der Waals surface area contributed by atoms with E-state index >= 15 is 0 Å². The van der Waals surface area contributed by atoms with Crippen molar-refractivity contribution in [2.24, 2.45) is 0 Å². The van der Waals surface area contributed by atoms with Gasteiger partial charge < -0.3 is 4.90 Å². The lowest BCUT2D eigenvalue weighted by atomic mass is 9.79. The second-order valence-electron chi connectivity index (χ2n) is 23.2. The van der Waals surface area contributed by atoms with Gasteiger partial charge in [-0.1, -0.05) is 287 Å². The van der Waals surface area contributed by atoms with Gasteiger partial charge in [-0.3, -0.25) is 0 Å². The fourth-order valence-electron chi connectivity index (χ4n) is 12.5. The molecule has 0 aromatic heterocycles. The van der Waals surface area contributed by atoms with Gasteiger partial charge in [-0.2, -0.15) is 4.58 Å². The van der Waals surface area contributed by atoms with Crippen molar-refractivity contribution < 1.29 is 4.58 Å². The Kier molecular flexibility index (Phi) is 24.6. The number of allylic oxidation sites excluding steroid dienone is 6. The summed E-state index contributed by atoms with van der Waals surface area (Å²) in [5, 5.41) is 5.48. The molecule has 0 saturated heterocycles. The Balaban J connectivity index is 1.02. The van der Waals surface area contributed by atoms with Gasteiger partial charge in [-0.15, -0.1) is 0 Å². The first-order valence-electron chi connectivity index (χ1n) is 30.3. The first-order valence-corrected chi connectivity index (χ1v) is 30.3. The van der Waals surface area contributed by atoms with Crippen LogP contribution >= 0.6 is 0 Å². The summed E-state index contributed by atoms with van der Waals surface area (Å²) in [5.41, 5.74) is 8.45. The van der Waals surface area contributed by atoms with Crippen LogP contribution in [0.15, 0.2) is 109 Å². The molecule has 0 fully saturated rings. The fourth-order valence-corrected chi connectivity index (χ4v) is 12.5. The Bertz CT molecular complexity index is 2280. The summed E-state index contributed by atoms with van der Waals surface area (Å²) in [5.74, 6) is 0. The van der Waals surface area contributed by atoms with Crippen molar-refractivity contribution >= 4 is 38.6 Å². The van der Waals surface area contributed by atoms with Gasteiger partial charge in [0.2, 0.25) is 5.69 Å². The highest BCUT2D eigenvalue weighted by Gasteiger charge is 2.45. The lowest BCUT2D eigenvalue weighted by Gasteiger charge is -2.27. The van der Waals surface area contributed by atoms with Crippen molar-refractivity contribution in [3.63, 3.8) is 0 Å². The lowest BCUT2D eigenvalue weighted by molar-refractivity contribution is -0.438. The van der Waals surface area contributed by atoms with Crippen LogP contribution in [0.4, 0.5) is 11.4 Å². The second-order valence-corrected chi connectivity index (χ2v) is 23.2. The van der Waals surface area contributed by atoms with E-state index in [1.54, 1.807) is 0 Å². The minimum absolute atomic E-state index is 0.0883. The van der Waals surface area contributed by atoms with E-state index in [1.165, 1.54) is 261 Å². The van der Waals surface area contributed by atoms with Crippen LogP contribution in [0, 0.1) is 0 Å². The normalized spacial score (nSPS) is 15.7. The zero-order valence-electron chi connectivity index (χ0n) is 46.8. The summed E-state index contributed by atoms with van der Waals surface area (Å²) in [7, 11) is 0. The number of benzene rings is 4. The largest absolute Gasteiger partial charge is 0.344 e. The van der Waals surface area contributed by atoms with Crippen LogP contribution in [0.1, 0.15) is 258 Å². The van der Waals surface area contributed by atoms with Crippen LogP contribution in [-0.4, -0.2) is 23.4 Å². The molecule has 0 spiro atoms.